The summed E-state index contributed by atoms with van der Waals surface area (Å²) in [5.74, 6) is -1.13. The maximum absolute atomic E-state index is 13.3. The molecule has 0 heterocycles. The van der Waals surface area contributed by atoms with Gasteiger partial charge < -0.3 is 10.5 Å². The molecule has 0 spiro atoms. The number of halogens is 2. The van der Waals surface area contributed by atoms with Crippen LogP contribution in [-0.4, -0.2) is 19.3 Å². The van der Waals surface area contributed by atoms with Gasteiger partial charge in [-0.1, -0.05) is 13.0 Å². The molecule has 0 aliphatic heterocycles. The number of nitrogens with two attached hydrogens (primary N) is 1. The molecule has 2 nitrogen and oxygen atoms in total. The SMILES string of the molecule is CCC(OC)C(N)Cc1ccc(F)cc1F. The van der Waals surface area contributed by atoms with Crippen molar-refractivity contribution in [2.45, 2.75) is 31.9 Å². The Kier molecular flexibility index (Phi) is 4.83. The van der Waals surface area contributed by atoms with Crippen LogP contribution in [0.25, 0.3) is 0 Å². The van der Waals surface area contributed by atoms with Crippen LogP contribution in [-0.2, 0) is 11.2 Å². The largest absolute Gasteiger partial charge is 0.380 e. The molecule has 0 aliphatic carbocycles. The van der Waals surface area contributed by atoms with E-state index >= 15 is 0 Å². The van der Waals surface area contributed by atoms with Crippen LogP contribution in [0.1, 0.15) is 18.9 Å². The molecule has 0 aliphatic rings. The van der Waals surface area contributed by atoms with Gasteiger partial charge in [0.1, 0.15) is 11.6 Å². The Bertz CT molecular complexity index is 340. The van der Waals surface area contributed by atoms with E-state index in [0.29, 0.717) is 12.0 Å². The van der Waals surface area contributed by atoms with Gasteiger partial charge in [0.05, 0.1) is 6.10 Å². The van der Waals surface area contributed by atoms with Gasteiger partial charge in [0.15, 0.2) is 0 Å². The van der Waals surface area contributed by atoms with Gasteiger partial charge in [-0.05, 0) is 24.5 Å². The molecule has 0 bridgehead atoms. The first kappa shape index (κ1) is 13.1. The van der Waals surface area contributed by atoms with E-state index in [2.05, 4.69) is 0 Å². The number of rotatable bonds is 5. The fourth-order valence-electron chi connectivity index (χ4n) is 1.72. The van der Waals surface area contributed by atoms with Crippen molar-refractivity contribution in [3.8, 4) is 0 Å². The van der Waals surface area contributed by atoms with Crippen molar-refractivity contribution in [3.05, 3.63) is 35.4 Å². The van der Waals surface area contributed by atoms with Crippen molar-refractivity contribution in [2.24, 2.45) is 5.73 Å². The Morgan fingerprint density at radius 1 is 1.38 bits per heavy atom. The minimum atomic E-state index is -0.575. The first-order valence-electron chi connectivity index (χ1n) is 5.30. The molecule has 2 N–H and O–H groups in total. The van der Waals surface area contributed by atoms with E-state index in [4.69, 9.17) is 10.5 Å². The van der Waals surface area contributed by atoms with E-state index in [1.165, 1.54) is 12.1 Å². The van der Waals surface area contributed by atoms with Crippen molar-refractivity contribution < 1.29 is 13.5 Å². The number of hydrogen-bond acceptors (Lipinski definition) is 2. The summed E-state index contributed by atoms with van der Waals surface area (Å²) in [6.45, 7) is 1.95. The first-order valence-corrected chi connectivity index (χ1v) is 5.30. The molecule has 0 saturated heterocycles. The molecule has 0 amide bonds. The lowest BCUT2D eigenvalue weighted by molar-refractivity contribution is 0.0771. The maximum Gasteiger partial charge on any atom is 0.129 e. The smallest absolute Gasteiger partial charge is 0.129 e. The molecule has 1 aromatic rings. The van der Waals surface area contributed by atoms with Crippen LogP contribution in [0.4, 0.5) is 8.78 Å². The van der Waals surface area contributed by atoms with Crippen LogP contribution >= 0.6 is 0 Å². The zero-order valence-corrected chi connectivity index (χ0v) is 9.54. The normalized spacial score (nSPS) is 14.8. The first-order chi connectivity index (χ1) is 7.58. The van der Waals surface area contributed by atoms with Crippen molar-refractivity contribution >= 4 is 0 Å². The number of hydrogen-bond donors (Lipinski definition) is 1. The highest BCUT2D eigenvalue weighted by Gasteiger charge is 2.17. The minimum Gasteiger partial charge on any atom is -0.380 e. The molecule has 2 unspecified atom stereocenters. The van der Waals surface area contributed by atoms with E-state index in [-0.39, 0.29) is 12.1 Å². The third kappa shape index (κ3) is 3.25. The van der Waals surface area contributed by atoms with Gasteiger partial charge in [0, 0.05) is 19.2 Å². The van der Waals surface area contributed by atoms with Gasteiger partial charge in [-0.25, -0.2) is 8.78 Å². The molecule has 0 radical (unpaired) electrons. The summed E-state index contributed by atoms with van der Waals surface area (Å²) in [4.78, 5) is 0. The Hall–Kier alpha value is -1.00. The summed E-state index contributed by atoms with van der Waals surface area (Å²) < 4.78 is 31.2. The van der Waals surface area contributed by atoms with Crippen LogP contribution in [0, 0.1) is 11.6 Å². The summed E-state index contributed by atoms with van der Waals surface area (Å²) in [6, 6.07) is 3.25. The second-order valence-corrected chi connectivity index (χ2v) is 3.79. The lowest BCUT2D eigenvalue weighted by Gasteiger charge is -2.21. The zero-order valence-electron chi connectivity index (χ0n) is 9.54. The number of methoxy groups -OCH3 is 1. The van der Waals surface area contributed by atoms with E-state index in [1.807, 2.05) is 6.92 Å². The minimum absolute atomic E-state index is 0.107. The summed E-state index contributed by atoms with van der Waals surface area (Å²) in [6.07, 6.45) is 1.00. The van der Waals surface area contributed by atoms with Crippen LogP contribution in [0.15, 0.2) is 18.2 Å². The standard InChI is InChI=1S/C12H17F2NO/c1-3-12(16-2)11(15)6-8-4-5-9(13)7-10(8)14/h4-5,7,11-12H,3,6,15H2,1-2H3. The number of ether oxygens (including phenoxy) is 1. The topological polar surface area (TPSA) is 35.2 Å². The van der Waals surface area contributed by atoms with Crippen LogP contribution in [0.2, 0.25) is 0 Å². The molecule has 1 aromatic carbocycles. The van der Waals surface area contributed by atoms with Gasteiger partial charge >= 0.3 is 0 Å². The Balaban J connectivity index is 2.72. The highest BCUT2D eigenvalue weighted by molar-refractivity contribution is 5.19. The van der Waals surface area contributed by atoms with Crippen LogP contribution < -0.4 is 5.73 Å². The summed E-state index contributed by atoms with van der Waals surface area (Å²) >= 11 is 0. The third-order valence-electron chi connectivity index (χ3n) is 2.65. The Morgan fingerprint density at radius 3 is 2.56 bits per heavy atom. The average molecular weight is 229 g/mol. The Labute approximate surface area is 94.4 Å². The predicted octanol–water partition coefficient (Wildman–Crippen LogP) is 2.26. The molecule has 0 fully saturated rings. The van der Waals surface area contributed by atoms with E-state index in [1.54, 1.807) is 7.11 Å². The zero-order chi connectivity index (χ0) is 12.1. The van der Waals surface area contributed by atoms with Crippen molar-refractivity contribution in [1.29, 1.82) is 0 Å². The summed E-state index contributed by atoms with van der Waals surface area (Å²) in [5.41, 5.74) is 6.31. The van der Waals surface area contributed by atoms with Crippen molar-refractivity contribution in [1.82, 2.24) is 0 Å². The monoisotopic (exact) mass is 229 g/mol. The molecule has 2 atom stereocenters. The molecule has 1 rings (SSSR count). The van der Waals surface area contributed by atoms with Crippen molar-refractivity contribution in [3.63, 3.8) is 0 Å². The second-order valence-electron chi connectivity index (χ2n) is 3.79. The molecular formula is C12H17F2NO. The van der Waals surface area contributed by atoms with E-state index in [0.717, 1.165) is 12.5 Å². The molecule has 4 heteroatoms. The lowest BCUT2D eigenvalue weighted by atomic mass is 10.00. The van der Waals surface area contributed by atoms with E-state index < -0.39 is 11.6 Å². The highest BCUT2D eigenvalue weighted by Crippen LogP contribution is 2.14. The Morgan fingerprint density at radius 2 is 2.06 bits per heavy atom. The molecule has 0 aromatic heterocycles. The maximum atomic E-state index is 13.3. The summed E-state index contributed by atoms with van der Waals surface area (Å²) in [7, 11) is 1.58. The highest BCUT2D eigenvalue weighted by atomic mass is 19.1. The van der Waals surface area contributed by atoms with Gasteiger partial charge in [-0.3, -0.25) is 0 Å². The second kappa shape index (κ2) is 5.92. The lowest BCUT2D eigenvalue weighted by Crippen LogP contribution is -2.37. The van der Waals surface area contributed by atoms with Gasteiger partial charge in [-0.2, -0.15) is 0 Å². The van der Waals surface area contributed by atoms with Gasteiger partial charge in [-0.15, -0.1) is 0 Å². The average Bonchev–Trinajstić information content (AvgIpc) is 2.24. The van der Waals surface area contributed by atoms with Gasteiger partial charge in [0.2, 0.25) is 0 Å². The third-order valence-corrected chi connectivity index (χ3v) is 2.65. The predicted molar refractivity (Wildman–Crippen MR) is 59.1 cm³/mol. The van der Waals surface area contributed by atoms with Crippen LogP contribution in [0.5, 0.6) is 0 Å². The van der Waals surface area contributed by atoms with Gasteiger partial charge in [0.25, 0.3) is 0 Å². The summed E-state index contributed by atoms with van der Waals surface area (Å²) in [5, 5.41) is 0. The molecule has 90 valence electrons. The van der Waals surface area contributed by atoms with Crippen LogP contribution in [0.3, 0.4) is 0 Å². The number of benzene rings is 1. The quantitative estimate of drug-likeness (QED) is 0.840. The fourth-order valence-corrected chi connectivity index (χ4v) is 1.72. The fraction of sp³-hybridized carbons (Fsp3) is 0.500. The molecular weight excluding hydrogens is 212 g/mol. The van der Waals surface area contributed by atoms with Crippen molar-refractivity contribution in [2.75, 3.05) is 7.11 Å². The molecule has 16 heavy (non-hydrogen) atoms. The van der Waals surface area contributed by atoms with E-state index in [9.17, 15) is 8.78 Å². The molecule has 0 saturated carbocycles.